The van der Waals surface area contributed by atoms with Crippen molar-refractivity contribution in [1.29, 1.82) is 0 Å². The lowest BCUT2D eigenvalue weighted by molar-refractivity contribution is -0.115. The van der Waals surface area contributed by atoms with Crippen LogP contribution in [0.5, 0.6) is 5.75 Å². The Bertz CT molecular complexity index is 798. The second kappa shape index (κ2) is 9.66. The molecule has 2 N–H and O–H groups in total. The van der Waals surface area contributed by atoms with Gasteiger partial charge in [-0.2, -0.15) is 0 Å². The lowest BCUT2D eigenvalue weighted by Gasteiger charge is -2.29. The van der Waals surface area contributed by atoms with Crippen LogP contribution in [0.25, 0.3) is 0 Å². The van der Waals surface area contributed by atoms with E-state index in [0.29, 0.717) is 16.4 Å². The number of hydrogen-bond acceptors (Lipinski definition) is 6. The largest absolute Gasteiger partial charge is 0.497 e. The SMILES string of the molecule is COc1ccc(C(=O)NCC(=O)Nc2nc(CN3CCC(C)CC3)cs2)cc1. The fourth-order valence-corrected chi connectivity index (χ4v) is 3.77. The second-order valence-corrected chi connectivity index (χ2v) is 7.92. The Balaban J connectivity index is 1.43. The van der Waals surface area contributed by atoms with Crippen molar-refractivity contribution in [2.75, 3.05) is 32.1 Å². The highest BCUT2D eigenvalue weighted by atomic mass is 32.1. The number of methoxy groups -OCH3 is 1. The topological polar surface area (TPSA) is 83.6 Å². The molecular formula is C20H26N4O3S. The van der Waals surface area contributed by atoms with Crippen molar-refractivity contribution in [3.63, 3.8) is 0 Å². The number of ether oxygens (including phenoxy) is 1. The Hall–Kier alpha value is -2.45. The highest BCUT2D eigenvalue weighted by Gasteiger charge is 2.17. The van der Waals surface area contributed by atoms with Gasteiger partial charge in [0.15, 0.2) is 5.13 Å². The number of thiazole rings is 1. The summed E-state index contributed by atoms with van der Waals surface area (Å²) in [5.74, 6) is 0.870. The number of benzene rings is 1. The molecule has 1 saturated heterocycles. The molecule has 2 aromatic rings. The number of carbonyl (C=O) groups is 2. The molecule has 7 nitrogen and oxygen atoms in total. The number of nitrogens with one attached hydrogen (secondary N) is 2. The molecule has 1 aromatic carbocycles. The van der Waals surface area contributed by atoms with Gasteiger partial charge in [-0.25, -0.2) is 4.98 Å². The average molecular weight is 403 g/mol. The molecule has 28 heavy (non-hydrogen) atoms. The summed E-state index contributed by atoms with van der Waals surface area (Å²) in [7, 11) is 1.57. The number of nitrogens with zero attached hydrogens (tertiary/aromatic N) is 2. The first-order valence-corrected chi connectivity index (χ1v) is 10.3. The smallest absolute Gasteiger partial charge is 0.251 e. The first kappa shape index (κ1) is 20.3. The Labute approximate surface area is 169 Å². The lowest BCUT2D eigenvalue weighted by atomic mass is 9.99. The van der Waals surface area contributed by atoms with Gasteiger partial charge in [-0.3, -0.25) is 14.5 Å². The van der Waals surface area contributed by atoms with Crippen LogP contribution in [-0.2, 0) is 11.3 Å². The van der Waals surface area contributed by atoms with Crippen molar-refractivity contribution in [2.24, 2.45) is 5.92 Å². The Morgan fingerprint density at radius 3 is 2.64 bits per heavy atom. The molecule has 2 amide bonds. The van der Waals surface area contributed by atoms with E-state index in [9.17, 15) is 9.59 Å². The average Bonchev–Trinajstić information content (AvgIpc) is 3.14. The van der Waals surface area contributed by atoms with E-state index in [1.165, 1.54) is 24.2 Å². The molecule has 0 atom stereocenters. The number of carbonyl (C=O) groups excluding carboxylic acids is 2. The Kier molecular flexibility index (Phi) is 7.00. The van der Waals surface area contributed by atoms with Gasteiger partial charge < -0.3 is 15.4 Å². The van der Waals surface area contributed by atoms with Crippen LogP contribution in [0, 0.1) is 5.92 Å². The Morgan fingerprint density at radius 1 is 1.25 bits per heavy atom. The van der Waals surface area contributed by atoms with Crippen molar-refractivity contribution in [3.05, 3.63) is 40.9 Å². The third kappa shape index (κ3) is 5.77. The molecule has 0 unspecified atom stereocenters. The fraction of sp³-hybridized carbons (Fsp3) is 0.450. The molecule has 1 fully saturated rings. The predicted octanol–water partition coefficient (Wildman–Crippen LogP) is 2.75. The number of hydrogen-bond donors (Lipinski definition) is 2. The quantitative estimate of drug-likeness (QED) is 0.744. The molecular weight excluding hydrogens is 376 g/mol. The highest BCUT2D eigenvalue weighted by Crippen LogP contribution is 2.21. The third-order valence-electron chi connectivity index (χ3n) is 4.82. The van der Waals surface area contributed by atoms with E-state index in [4.69, 9.17) is 4.74 Å². The molecule has 0 spiro atoms. The maximum absolute atomic E-state index is 12.1. The van der Waals surface area contributed by atoms with Gasteiger partial charge in [0.05, 0.1) is 19.3 Å². The van der Waals surface area contributed by atoms with Gasteiger partial charge in [0.2, 0.25) is 5.91 Å². The van der Waals surface area contributed by atoms with E-state index in [1.807, 2.05) is 5.38 Å². The minimum absolute atomic E-state index is 0.107. The van der Waals surface area contributed by atoms with Gasteiger partial charge in [0.25, 0.3) is 5.91 Å². The van der Waals surface area contributed by atoms with Crippen LogP contribution in [0.2, 0.25) is 0 Å². The zero-order valence-corrected chi connectivity index (χ0v) is 17.1. The van der Waals surface area contributed by atoms with Crippen LogP contribution in [-0.4, -0.2) is 48.4 Å². The summed E-state index contributed by atoms with van der Waals surface area (Å²) in [4.78, 5) is 31.1. The first-order valence-electron chi connectivity index (χ1n) is 9.42. The molecule has 8 heteroatoms. The van der Waals surface area contributed by atoms with Gasteiger partial charge in [-0.15, -0.1) is 11.3 Å². The van der Waals surface area contributed by atoms with Crippen molar-refractivity contribution in [1.82, 2.24) is 15.2 Å². The number of anilines is 1. The maximum atomic E-state index is 12.1. The summed E-state index contributed by atoms with van der Waals surface area (Å²) in [5, 5.41) is 7.89. The van der Waals surface area contributed by atoms with E-state index in [-0.39, 0.29) is 18.4 Å². The molecule has 150 valence electrons. The molecule has 0 bridgehead atoms. The second-order valence-electron chi connectivity index (χ2n) is 7.06. The summed E-state index contributed by atoms with van der Waals surface area (Å²) in [6.45, 7) is 5.19. The molecule has 0 aliphatic carbocycles. The van der Waals surface area contributed by atoms with Gasteiger partial charge in [0, 0.05) is 17.5 Å². The van der Waals surface area contributed by atoms with E-state index in [1.54, 1.807) is 31.4 Å². The molecule has 2 heterocycles. The number of aromatic nitrogens is 1. The maximum Gasteiger partial charge on any atom is 0.251 e. The molecule has 1 aromatic heterocycles. The predicted molar refractivity (Wildman–Crippen MR) is 110 cm³/mol. The number of rotatable bonds is 7. The third-order valence-corrected chi connectivity index (χ3v) is 5.63. The van der Waals surface area contributed by atoms with Gasteiger partial charge in [-0.05, 0) is 56.1 Å². The first-order chi connectivity index (χ1) is 13.5. The van der Waals surface area contributed by atoms with E-state index >= 15 is 0 Å². The summed E-state index contributed by atoms with van der Waals surface area (Å²) >= 11 is 1.41. The highest BCUT2D eigenvalue weighted by molar-refractivity contribution is 7.13. The van der Waals surface area contributed by atoms with Crippen LogP contribution < -0.4 is 15.4 Å². The minimum Gasteiger partial charge on any atom is -0.497 e. The molecule has 0 radical (unpaired) electrons. The van der Waals surface area contributed by atoms with Crippen molar-refractivity contribution in [3.8, 4) is 5.75 Å². The van der Waals surface area contributed by atoms with Gasteiger partial charge in [0.1, 0.15) is 5.75 Å². The van der Waals surface area contributed by atoms with Crippen LogP contribution in [0.15, 0.2) is 29.6 Å². The number of amides is 2. The van der Waals surface area contributed by atoms with Gasteiger partial charge >= 0.3 is 0 Å². The Morgan fingerprint density at radius 2 is 1.96 bits per heavy atom. The zero-order valence-electron chi connectivity index (χ0n) is 16.2. The lowest BCUT2D eigenvalue weighted by Crippen LogP contribution is -2.33. The van der Waals surface area contributed by atoms with E-state index in [0.717, 1.165) is 31.2 Å². The fourth-order valence-electron chi connectivity index (χ4n) is 3.05. The normalized spacial score (nSPS) is 15.2. The number of piperidine rings is 1. The van der Waals surface area contributed by atoms with Gasteiger partial charge in [-0.1, -0.05) is 6.92 Å². The van der Waals surface area contributed by atoms with Crippen molar-refractivity contribution in [2.45, 2.75) is 26.3 Å². The summed E-state index contributed by atoms with van der Waals surface area (Å²) in [6, 6.07) is 6.71. The van der Waals surface area contributed by atoms with Crippen LogP contribution in [0.1, 0.15) is 35.8 Å². The zero-order chi connectivity index (χ0) is 19.9. The molecule has 1 aliphatic rings. The molecule has 3 rings (SSSR count). The summed E-state index contributed by atoms with van der Waals surface area (Å²) in [5.41, 5.74) is 1.44. The summed E-state index contributed by atoms with van der Waals surface area (Å²) < 4.78 is 5.06. The minimum atomic E-state index is -0.308. The standard InChI is InChI=1S/C20H26N4O3S/c1-14-7-9-24(10-8-14)12-16-13-28-20(22-16)23-18(25)11-21-19(26)15-3-5-17(27-2)6-4-15/h3-6,13-14H,7-12H2,1-2H3,(H,21,26)(H,22,23,25). The van der Waals surface area contributed by atoms with E-state index < -0.39 is 0 Å². The van der Waals surface area contributed by atoms with Crippen molar-refractivity contribution < 1.29 is 14.3 Å². The monoisotopic (exact) mass is 402 g/mol. The van der Waals surface area contributed by atoms with Crippen LogP contribution in [0.4, 0.5) is 5.13 Å². The molecule has 1 aliphatic heterocycles. The van der Waals surface area contributed by atoms with Crippen LogP contribution in [0.3, 0.4) is 0 Å². The van der Waals surface area contributed by atoms with Crippen LogP contribution >= 0.6 is 11.3 Å². The van der Waals surface area contributed by atoms with Crippen molar-refractivity contribution >= 4 is 28.3 Å². The molecule has 0 saturated carbocycles. The van der Waals surface area contributed by atoms with E-state index in [2.05, 4.69) is 27.4 Å². The summed E-state index contributed by atoms with van der Waals surface area (Å²) in [6.07, 6.45) is 2.45. The number of likely N-dealkylation sites (tertiary alicyclic amines) is 1.